The Morgan fingerprint density at radius 2 is 2.09 bits per heavy atom. The standard InChI is InChI=1S/C16H15NO4S/c1-9(7-13(18)21-3)15-14(17-10(2)22-15)11-5-4-6-12(8-11)16(19)20/h4-8H,1-3H3,(H,19,20)/b9-7+. The van der Waals surface area contributed by atoms with Crippen molar-refractivity contribution in [3.05, 3.63) is 45.8 Å². The smallest absolute Gasteiger partial charge is 0.335 e. The summed E-state index contributed by atoms with van der Waals surface area (Å²) in [6, 6.07) is 6.58. The summed E-state index contributed by atoms with van der Waals surface area (Å²) in [5.41, 5.74) is 2.30. The Kier molecular flexibility index (Phi) is 4.72. The second-order valence-corrected chi connectivity index (χ2v) is 5.85. The monoisotopic (exact) mass is 317 g/mol. The van der Waals surface area contributed by atoms with Gasteiger partial charge in [0.2, 0.25) is 0 Å². The highest BCUT2D eigenvalue weighted by atomic mass is 32.1. The van der Waals surface area contributed by atoms with E-state index in [0.29, 0.717) is 11.3 Å². The van der Waals surface area contributed by atoms with E-state index in [-0.39, 0.29) is 5.56 Å². The molecule has 0 aliphatic rings. The maximum atomic E-state index is 11.4. The van der Waals surface area contributed by atoms with Crippen LogP contribution in [0.1, 0.15) is 27.2 Å². The van der Waals surface area contributed by atoms with Gasteiger partial charge in [0.25, 0.3) is 0 Å². The fourth-order valence-corrected chi connectivity index (χ4v) is 2.90. The van der Waals surface area contributed by atoms with Crippen molar-refractivity contribution in [2.45, 2.75) is 13.8 Å². The number of aromatic nitrogens is 1. The number of ether oxygens (including phenoxy) is 1. The zero-order valence-electron chi connectivity index (χ0n) is 12.4. The predicted octanol–water partition coefficient (Wildman–Crippen LogP) is 3.39. The highest BCUT2D eigenvalue weighted by Crippen LogP contribution is 2.33. The van der Waals surface area contributed by atoms with Crippen LogP contribution in [0.2, 0.25) is 0 Å². The molecule has 5 nitrogen and oxygen atoms in total. The predicted molar refractivity (Wildman–Crippen MR) is 84.9 cm³/mol. The summed E-state index contributed by atoms with van der Waals surface area (Å²) >= 11 is 1.45. The molecule has 2 rings (SSSR count). The highest BCUT2D eigenvalue weighted by Gasteiger charge is 2.15. The number of carboxylic acid groups (broad SMARTS) is 1. The van der Waals surface area contributed by atoms with E-state index in [0.717, 1.165) is 15.5 Å². The zero-order valence-corrected chi connectivity index (χ0v) is 13.2. The molecule has 0 saturated carbocycles. The summed E-state index contributed by atoms with van der Waals surface area (Å²) in [7, 11) is 1.32. The van der Waals surface area contributed by atoms with E-state index < -0.39 is 11.9 Å². The SMILES string of the molecule is COC(=O)/C=C(\C)c1sc(C)nc1-c1cccc(C(=O)O)c1. The Morgan fingerprint density at radius 3 is 2.73 bits per heavy atom. The zero-order chi connectivity index (χ0) is 16.3. The lowest BCUT2D eigenvalue weighted by Crippen LogP contribution is -1.97. The maximum Gasteiger partial charge on any atom is 0.335 e. The first-order valence-corrected chi connectivity index (χ1v) is 7.31. The topological polar surface area (TPSA) is 76.5 Å². The second-order valence-electron chi connectivity index (χ2n) is 4.65. The van der Waals surface area contributed by atoms with E-state index in [4.69, 9.17) is 5.11 Å². The molecule has 1 heterocycles. The van der Waals surface area contributed by atoms with Crippen LogP contribution >= 0.6 is 11.3 Å². The van der Waals surface area contributed by atoms with Crippen molar-refractivity contribution in [3.8, 4) is 11.3 Å². The quantitative estimate of drug-likeness (QED) is 0.691. The normalized spacial score (nSPS) is 11.3. The Balaban J connectivity index is 2.53. The van der Waals surface area contributed by atoms with Gasteiger partial charge in [-0.2, -0.15) is 0 Å². The van der Waals surface area contributed by atoms with E-state index in [1.54, 1.807) is 25.1 Å². The molecule has 0 unspecified atom stereocenters. The van der Waals surface area contributed by atoms with Crippen molar-refractivity contribution in [2.75, 3.05) is 7.11 Å². The maximum absolute atomic E-state index is 11.4. The third kappa shape index (κ3) is 3.40. The molecule has 22 heavy (non-hydrogen) atoms. The first kappa shape index (κ1) is 15.9. The average Bonchev–Trinajstić information content (AvgIpc) is 2.89. The molecule has 1 aromatic carbocycles. The summed E-state index contributed by atoms with van der Waals surface area (Å²) in [6.07, 6.45) is 1.40. The Labute approximate surface area is 131 Å². The molecule has 1 aromatic heterocycles. The number of hydrogen-bond acceptors (Lipinski definition) is 5. The van der Waals surface area contributed by atoms with Gasteiger partial charge in [0.05, 0.1) is 28.3 Å². The lowest BCUT2D eigenvalue weighted by molar-refractivity contribution is -0.134. The number of allylic oxidation sites excluding steroid dienone is 1. The van der Waals surface area contributed by atoms with Gasteiger partial charge in [0.15, 0.2) is 0 Å². The minimum absolute atomic E-state index is 0.198. The number of esters is 1. The Morgan fingerprint density at radius 1 is 1.36 bits per heavy atom. The fraction of sp³-hybridized carbons (Fsp3) is 0.188. The molecule has 0 bridgehead atoms. The van der Waals surface area contributed by atoms with E-state index in [2.05, 4.69) is 9.72 Å². The number of thiazole rings is 1. The van der Waals surface area contributed by atoms with Gasteiger partial charge in [0.1, 0.15) is 0 Å². The summed E-state index contributed by atoms with van der Waals surface area (Å²) in [6.45, 7) is 3.67. The molecule has 0 radical (unpaired) electrons. The Hall–Kier alpha value is -2.47. The number of aromatic carboxylic acids is 1. The van der Waals surface area contributed by atoms with Gasteiger partial charge in [-0.3, -0.25) is 0 Å². The molecular formula is C16H15NO4S. The second kappa shape index (κ2) is 6.53. The van der Waals surface area contributed by atoms with Gasteiger partial charge in [0, 0.05) is 11.6 Å². The minimum Gasteiger partial charge on any atom is -0.478 e. The molecule has 0 aliphatic heterocycles. The molecule has 6 heteroatoms. The van der Waals surface area contributed by atoms with Gasteiger partial charge >= 0.3 is 11.9 Å². The van der Waals surface area contributed by atoms with Crippen molar-refractivity contribution in [1.82, 2.24) is 4.98 Å². The molecule has 114 valence electrons. The van der Waals surface area contributed by atoms with E-state index in [9.17, 15) is 9.59 Å². The van der Waals surface area contributed by atoms with Crippen LogP contribution in [-0.4, -0.2) is 29.1 Å². The third-order valence-electron chi connectivity index (χ3n) is 3.01. The van der Waals surface area contributed by atoms with Crippen LogP contribution in [0.15, 0.2) is 30.3 Å². The number of nitrogens with zero attached hydrogens (tertiary/aromatic N) is 1. The number of benzene rings is 1. The Bertz CT molecular complexity index is 761. The lowest BCUT2D eigenvalue weighted by atomic mass is 10.0. The van der Waals surface area contributed by atoms with Gasteiger partial charge in [-0.1, -0.05) is 12.1 Å². The summed E-state index contributed by atoms with van der Waals surface area (Å²) < 4.78 is 4.64. The van der Waals surface area contributed by atoms with E-state index in [1.165, 1.54) is 30.6 Å². The number of carbonyl (C=O) groups excluding carboxylic acids is 1. The lowest BCUT2D eigenvalue weighted by Gasteiger charge is -2.04. The molecule has 0 saturated heterocycles. The summed E-state index contributed by atoms with van der Waals surface area (Å²) in [5, 5.41) is 9.94. The largest absolute Gasteiger partial charge is 0.478 e. The van der Waals surface area contributed by atoms with Crippen molar-refractivity contribution in [1.29, 1.82) is 0 Å². The molecule has 0 amide bonds. The van der Waals surface area contributed by atoms with Crippen molar-refractivity contribution in [2.24, 2.45) is 0 Å². The van der Waals surface area contributed by atoms with Crippen LogP contribution in [-0.2, 0) is 9.53 Å². The molecule has 1 N–H and O–H groups in total. The molecular weight excluding hydrogens is 302 g/mol. The van der Waals surface area contributed by atoms with E-state index in [1.807, 2.05) is 6.92 Å². The molecule has 0 atom stereocenters. The first-order valence-electron chi connectivity index (χ1n) is 6.50. The van der Waals surface area contributed by atoms with Gasteiger partial charge in [-0.25, -0.2) is 14.6 Å². The van der Waals surface area contributed by atoms with Crippen molar-refractivity contribution >= 4 is 28.8 Å². The first-order chi connectivity index (χ1) is 10.4. The number of carboxylic acids is 1. The van der Waals surface area contributed by atoms with Crippen LogP contribution in [0.4, 0.5) is 0 Å². The van der Waals surface area contributed by atoms with Crippen molar-refractivity contribution in [3.63, 3.8) is 0 Å². The molecule has 2 aromatic rings. The van der Waals surface area contributed by atoms with Crippen LogP contribution < -0.4 is 0 Å². The number of aryl methyl sites for hydroxylation is 1. The van der Waals surface area contributed by atoms with Gasteiger partial charge in [-0.05, 0) is 31.6 Å². The van der Waals surface area contributed by atoms with Crippen LogP contribution in [0.3, 0.4) is 0 Å². The average molecular weight is 317 g/mol. The minimum atomic E-state index is -0.989. The molecule has 0 spiro atoms. The van der Waals surface area contributed by atoms with Crippen LogP contribution in [0, 0.1) is 6.92 Å². The number of methoxy groups -OCH3 is 1. The molecule has 0 aliphatic carbocycles. The van der Waals surface area contributed by atoms with Crippen molar-refractivity contribution < 1.29 is 19.4 Å². The summed E-state index contributed by atoms with van der Waals surface area (Å²) in [5.74, 6) is -1.43. The number of carbonyl (C=O) groups is 2. The highest BCUT2D eigenvalue weighted by molar-refractivity contribution is 7.13. The van der Waals surface area contributed by atoms with Gasteiger partial charge < -0.3 is 9.84 Å². The fourth-order valence-electron chi connectivity index (χ4n) is 1.99. The summed E-state index contributed by atoms with van der Waals surface area (Å²) in [4.78, 5) is 27.8. The van der Waals surface area contributed by atoms with Crippen LogP contribution in [0.5, 0.6) is 0 Å². The van der Waals surface area contributed by atoms with Gasteiger partial charge in [-0.15, -0.1) is 11.3 Å². The van der Waals surface area contributed by atoms with E-state index >= 15 is 0 Å². The molecule has 0 fully saturated rings. The number of rotatable bonds is 4. The number of hydrogen-bond donors (Lipinski definition) is 1. The van der Waals surface area contributed by atoms with Crippen LogP contribution in [0.25, 0.3) is 16.8 Å². The third-order valence-corrected chi connectivity index (χ3v) is 4.12.